The van der Waals surface area contributed by atoms with Crippen LogP contribution in [0.4, 0.5) is 4.39 Å². The van der Waals surface area contributed by atoms with Crippen molar-refractivity contribution in [3.8, 4) is 0 Å². The van der Waals surface area contributed by atoms with Crippen LogP contribution in [0.1, 0.15) is 42.5 Å². The lowest BCUT2D eigenvalue weighted by Gasteiger charge is -2.21. The molecular formula is C14H18FNO. The first-order chi connectivity index (χ1) is 8.25. The number of benzene rings is 1. The van der Waals surface area contributed by atoms with Gasteiger partial charge >= 0.3 is 0 Å². The average Bonchev–Trinajstić information content (AvgIpc) is 2.37. The molecule has 0 spiro atoms. The molecule has 1 aromatic rings. The first kappa shape index (κ1) is 12.1. The summed E-state index contributed by atoms with van der Waals surface area (Å²) in [5.41, 5.74) is 0.404. The molecule has 1 aliphatic carbocycles. The first-order valence-electron chi connectivity index (χ1n) is 6.29. The van der Waals surface area contributed by atoms with Crippen LogP contribution >= 0.6 is 0 Å². The second-order valence-electron chi connectivity index (χ2n) is 4.72. The Bertz CT molecular complexity index is 386. The third-order valence-electron chi connectivity index (χ3n) is 3.36. The molecular weight excluding hydrogens is 217 g/mol. The van der Waals surface area contributed by atoms with Crippen molar-refractivity contribution in [3.05, 3.63) is 35.6 Å². The molecule has 0 atom stereocenters. The van der Waals surface area contributed by atoms with E-state index in [4.69, 9.17) is 0 Å². The summed E-state index contributed by atoms with van der Waals surface area (Å²) in [5.74, 6) is 0.0617. The summed E-state index contributed by atoms with van der Waals surface area (Å²) in [5, 5.41) is 2.89. The van der Waals surface area contributed by atoms with Crippen molar-refractivity contribution in [1.82, 2.24) is 5.32 Å². The van der Waals surface area contributed by atoms with Gasteiger partial charge in [0, 0.05) is 12.1 Å². The van der Waals surface area contributed by atoms with Gasteiger partial charge in [0.15, 0.2) is 0 Å². The Hall–Kier alpha value is -1.38. The molecule has 1 aromatic carbocycles. The van der Waals surface area contributed by atoms with Gasteiger partial charge in [0.1, 0.15) is 5.82 Å². The summed E-state index contributed by atoms with van der Waals surface area (Å²) < 4.78 is 12.9. The molecule has 2 nitrogen and oxygen atoms in total. The molecule has 1 saturated carbocycles. The minimum absolute atomic E-state index is 0.171. The topological polar surface area (TPSA) is 29.1 Å². The van der Waals surface area contributed by atoms with Gasteiger partial charge in [-0.05, 0) is 37.0 Å². The van der Waals surface area contributed by atoms with E-state index in [0.29, 0.717) is 11.5 Å². The Morgan fingerprint density at radius 3 is 2.76 bits per heavy atom. The second kappa shape index (κ2) is 5.80. The summed E-state index contributed by atoms with van der Waals surface area (Å²) in [6, 6.07) is 5.82. The van der Waals surface area contributed by atoms with E-state index in [1.807, 2.05) is 0 Å². The largest absolute Gasteiger partial charge is 0.352 e. The summed E-state index contributed by atoms with van der Waals surface area (Å²) in [6.45, 7) is 0.718. The van der Waals surface area contributed by atoms with Crippen LogP contribution in [0.25, 0.3) is 0 Å². The highest BCUT2D eigenvalue weighted by Gasteiger charge is 2.14. The van der Waals surface area contributed by atoms with Crippen molar-refractivity contribution in [2.45, 2.75) is 32.1 Å². The standard InChI is InChI=1S/C14H18FNO/c15-13-8-4-7-12(9-13)14(17)16-10-11-5-2-1-3-6-11/h4,7-9,11H,1-3,5-6,10H2,(H,16,17). The molecule has 92 valence electrons. The van der Waals surface area contributed by atoms with Crippen molar-refractivity contribution in [2.24, 2.45) is 5.92 Å². The maximum Gasteiger partial charge on any atom is 0.251 e. The third-order valence-corrected chi connectivity index (χ3v) is 3.36. The summed E-state index contributed by atoms with van der Waals surface area (Å²) >= 11 is 0. The van der Waals surface area contributed by atoms with E-state index < -0.39 is 0 Å². The zero-order valence-corrected chi connectivity index (χ0v) is 9.92. The fourth-order valence-corrected chi connectivity index (χ4v) is 2.36. The molecule has 1 aliphatic rings. The number of rotatable bonds is 3. The molecule has 17 heavy (non-hydrogen) atoms. The van der Waals surface area contributed by atoms with Crippen LogP contribution in [0.5, 0.6) is 0 Å². The Balaban J connectivity index is 1.84. The summed E-state index contributed by atoms with van der Waals surface area (Å²) in [4.78, 5) is 11.8. The molecule has 1 amide bonds. The van der Waals surface area contributed by atoms with Crippen LogP contribution in [0.3, 0.4) is 0 Å². The minimum atomic E-state index is -0.365. The number of nitrogens with one attached hydrogen (secondary N) is 1. The van der Waals surface area contributed by atoms with Gasteiger partial charge in [-0.1, -0.05) is 25.3 Å². The van der Waals surface area contributed by atoms with Crippen LogP contribution < -0.4 is 5.32 Å². The van der Waals surface area contributed by atoms with Crippen molar-refractivity contribution >= 4 is 5.91 Å². The van der Waals surface area contributed by atoms with E-state index >= 15 is 0 Å². The van der Waals surface area contributed by atoms with Gasteiger partial charge in [-0.25, -0.2) is 4.39 Å². The van der Waals surface area contributed by atoms with Crippen LogP contribution in [0, 0.1) is 11.7 Å². The Morgan fingerprint density at radius 1 is 1.29 bits per heavy atom. The maximum atomic E-state index is 12.9. The summed E-state index contributed by atoms with van der Waals surface area (Å²) in [6.07, 6.45) is 6.24. The SMILES string of the molecule is O=C(NCC1CCCCC1)c1cccc(F)c1. The minimum Gasteiger partial charge on any atom is -0.352 e. The molecule has 0 bridgehead atoms. The quantitative estimate of drug-likeness (QED) is 0.856. The Kier molecular flexibility index (Phi) is 4.13. The van der Waals surface area contributed by atoms with E-state index in [-0.39, 0.29) is 11.7 Å². The number of hydrogen-bond donors (Lipinski definition) is 1. The summed E-state index contributed by atoms with van der Waals surface area (Å²) in [7, 11) is 0. The number of carbonyl (C=O) groups excluding carboxylic acids is 1. The van der Waals surface area contributed by atoms with E-state index in [1.54, 1.807) is 12.1 Å². The van der Waals surface area contributed by atoms with E-state index in [0.717, 1.165) is 6.54 Å². The van der Waals surface area contributed by atoms with Gasteiger partial charge in [-0.15, -0.1) is 0 Å². The van der Waals surface area contributed by atoms with Crippen molar-refractivity contribution in [3.63, 3.8) is 0 Å². The molecule has 1 fully saturated rings. The molecule has 0 saturated heterocycles. The smallest absolute Gasteiger partial charge is 0.251 e. The predicted octanol–water partition coefficient (Wildman–Crippen LogP) is 3.14. The van der Waals surface area contributed by atoms with Gasteiger partial charge in [-0.3, -0.25) is 4.79 Å². The predicted molar refractivity (Wildman–Crippen MR) is 65.3 cm³/mol. The van der Waals surface area contributed by atoms with Crippen LogP contribution in [0.2, 0.25) is 0 Å². The third kappa shape index (κ3) is 3.55. The Morgan fingerprint density at radius 2 is 2.06 bits per heavy atom. The average molecular weight is 235 g/mol. The maximum absolute atomic E-state index is 12.9. The van der Waals surface area contributed by atoms with E-state index in [1.165, 1.54) is 44.2 Å². The highest BCUT2D eigenvalue weighted by atomic mass is 19.1. The van der Waals surface area contributed by atoms with Crippen LogP contribution in [0.15, 0.2) is 24.3 Å². The monoisotopic (exact) mass is 235 g/mol. The zero-order chi connectivity index (χ0) is 12.1. The van der Waals surface area contributed by atoms with Crippen LogP contribution in [-0.2, 0) is 0 Å². The molecule has 0 unspecified atom stereocenters. The van der Waals surface area contributed by atoms with E-state index in [9.17, 15) is 9.18 Å². The van der Waals surface area contributed by atoms with E-state index in [2.05, 4.69) is 5.32 Å². The molecule has 0 heterocycles. The van der Waals surface area contributed by atoms with Crippen LogP contribution in [-0.4, -0.2) is 12.5 Å². The zero-order valence-electron chi connectivity index (χ0n) is 9.92. The van der Waals surface area contributed by atoms with Gasteiger partial charge in [0.05, 0.1) is 0 Å². The van der Waals surface area contributed by atoms with Gasteiger partial charge < -0.3 is 5.32 Å². The highest BCUT2D eigenvalue weighted by Crippen LogP contribution is 2.22. The molecule has 2 rings (SSSR count). The molecule has 0 aromatic heterocycles. The van der Waals surface area contributed by atoms with Crippen molar-refractivity contribution in [2.75, 3.05) is 6.54 Å². The second-order valence-corrected chi connectivity index (χ2v) is 4.72. The Labute approximate surface area is 101 Å². The number of carbonyl (C=O) groups is 1. The van der Waals surface area contributed by atoms with Crippen molar-refractivity contribution in [1.29, 1.82) is 0 Å². The molecule has 1 N–H and O–H groups in total. The number of halogens is 1. The lowest BCUT2D eigenvalue weighted by atomic mass is 9.89. The molecule has 0 radical (unpaired) electrons. The van der Waals surface area contributed by atoms with Crippen molar-refractivity contribution < 1.29 is 9.18 Å². The lowest BCUT2D eigenvalue weighted by Crippen LogP contribution is -2.30. The first-order valence-corrected chi connectivity index (χ1v) is 6.29. The van der Waals surface area contributed by atoms with Gasteiger partial charge in [0.25, 0.3) is 5.91 Å². The fourth-order valence-electron chi connectivity index (χ4n) is 2.36. The number of hydrogen-bond acceptors (Lipinski definition) is 1. The lowest BCUT2D eigenvalue weighted by molar-refractivity contribution is 0.0943. The molecule has 0 aliphatic heterocycles. The normalized spacial score (nSPS) is 16.8. The fraction of sp³-hybridized carbons (Fsp3) is 0.500. The highest BCUT2D eigenvalue weighted by molar-refractivity contribution is 5.94. The van der Waals surface area contributed by atoms with Gasteiger partial charge in [0.2, 0.25) is 0 Å². The van der Waals surface area contributed by atoms with Gasteiger partial charge in [-0.2, -0.15) is 0 Å². The number of amides is 1. The molecule has 3 heteroatoms.